The third-order valence-corrected chi connectivity index (χ3v) is 11.0. The summed E-state index contributed by atoms with van der Waals surface area (Å²) in [4.78, 5) is 34.8. The zero-order valence-corrected chi connectivity index (χ0v) is 28.6. The highest BCUT2D eigenvalue weighted by molar-refractivity contribution is 6.04. The second kappa shape index (κ2) is 13.7. The number of rotatable bonds is 6. The van der Waals surface area contributed by atoms with Crippen LogP contribution in [-0.4, -0.2) is 137 Å². The van der Waals surface area contributed by atoms with Gasteiger partial charge in [0.1, 0.15) is 12.0 Å². The van der Waals surface area contributed by atoms with Crippen molar-refractivity contribution in [3.8, 4) is 0 Å². The minimum absolute atomic E-state index is 0.0419. The predicted molar refractivity (Wildman–Crippen MR) is 165 cm³/mol. The number of hydrogen-bond donors (Lipinski definition) is 0. The number of carbonyl (C=O) groups excluding carboxylic acids is 2. The predicted octanol–water partition coefficient (Wildman–Crippen LogP) is 2.92. The average Bonchev–Trinajstić information content (AvgIpc) is 2.91. The van der Waals surface area contributed by atoms with Gasteiger partial charge >= 0.3 is 5.97 Å². The summed E-state index contributed by atoms with van der Waals surface area (Å²) in [6, 6.07) is 0.662. The first-order chi connectivity index (χ1) is 20.1. The fourth-order valence-corrected chi connectivity index (χ4v) is 8.43. The fraction of sp³-hybridized carbons (Fsp3) is 0.939. The first kappa shape index (κ1) is 34.7. The molecule has 0 amide bonds. The molecule has 0 aromatic heterocycles. The van der Waals surface area contributed by atoms with E-state index in [9.17, 15) is 9.59 Å². The number of likely N-dealkylation sites (N-methyl/N-ethyl adjacent to an activating group) is 1. The molecule has 10 atom stereocenters. The van der Waals surface area contributed by atoms with Crippen molar-refractivity contribution < 1.29 is 33.3 Å². The van der Waals surface area contributed by atoms with Crippen LogP contribution in [0.3, 0.4) is 0 Å². The molecule has 0 N–H and O–H groups in total. The number of carbonyl (C=O) groups is 2. The van der Waals surface area contributed by atoms with Crippen LogP contribution < -0.4 is 0 Å². The summed E-state index contributed by atoms with van der Waals surface area (Å²) in [7, 11) is 9.86. The summed E-state index contributed by atoms with van der Waals surface area (Å²) in [6.45, 7) is 15.4. The number of Topliss-reactive ketones (excluding diaryl/α,β-unsaturated/α-hetero) is 1. The van der Waals surface area contributed by atoms with Gasteiger partial charge in [-0.05, 0) is 74.0 Å². The van der Waals surface area contributed by atoms with Crippen molar-refractivity contribution in [3.63, 3.8) is 0 Å². The Bertz CT molecular complexity index is 972. The minimum Gasteiger partial charge on any atom is -0.463 e. The van der Waals surface area contributed by atoms with Crippen molar-refractivity contribution in [2.75, 3.05) is 68.2 Å². The molecule has 4 heterocycles. The van der Waals surface area contributed by atoms with E-state index in [0.29, 0.717) is 18.6 Å². The van der Waals surface area contributed by atoms with Crippen molar-refractivity contribution in [1.82, 2.24) is 14.7 Å². The van der Waals surface area contributed by atoms with Gasteiger partial charge in [-0.2, -0.15) is 0 Å². The smallest absolute Gasteiger partial charge is 0.319 e. The lowest BCUT2D eigenvalue weighted by atomic mass is 9.67. The van der Waals surface area contributed by atoms with E-state index in [-0.39, 0.29) is 42.4 Å². The third kappa shape index (κ3) is 7.00. The van der Waals surface area contributed by atoms with Crippen LogP contribution in [0.4, 0.5) is 0 Å². The summed E-state index contributed by atoms with van der Waals surface area (Å²) < 4.78 is 31.1. The summed E-state index contributed by atoms with van der Waals surface area (Å²) in [5.41, 5.74) is -2.03. The SMILES string of the molecule is COCC(C)N1CC(C2COC(=O)C(C)(C)C(=O)[C@H](C)[C@H]3O[C@@H]4O[C@H](C)C[C@H](N(C)C)[C@H]4C[C@@]3(OC)C[C@@H](C)CN2C)C1. The molecule has 4 fully saturated rings. The molecule has 4 saturated heterocycles. The maximum Gasteiger partial charge on any atom is 0.319 e. The Morgan fingerprint density at radius 1 is 1.05 bits per heavy atom. The topological polar surface area (TPSA) is 90.0 Å². The second-order valence-electron chi connectivity index (χ2n) is 15.0. The Labute approximate surface area is 260 Å². The maximum atomic E-state index is 14.2. The lowest BCUT2D eigenvalue weighted by Crippen LogP contribution is -2.65. The first-order valence-corrected chi connectivity index (χ1v) is 16.3. The van der Waals surface area contributed by atoms with Crippen molar-refractivity contribution in [1.29, 1.82) is 0 Å². The number of nitrogens with zero attached hydrogens (tertiary/aromatic N) is 3. The van der Waals surface area contributed by atoms with Gasteiger partial charge in [-0.25, -0.2) is 0 Å². The van der Waals surface area contributed by atoms with E-state index in [1.54, 1.807) is 28.1 Å². The molecule has 10 heteroatoms. The Hall–Kier alpha value is -1.14. The molecular formula is C33H59N3O7. The van der Waals surface area contributed by atoms with Gasteiger partial charge in [0.2, 0.25) is 0 Å². The van der Waals surface area contributed by atoms with Gasteiger partial charge in [-0.3, -0.25) is 19.4 Å². The van der Waals surface area contributed by atoms with Crippen LogP contribution in [0, 0.1) is 29.1 Å². The van der Waals surface area contributed by atoms with Gasteiger partial charge in [0.15, 0.2) is 12.1 Å². The number of likely N-dealkylation sites (tertiary alicyclic amines) is 1. The van der Waals surface area contributed by atoms with E-state index in [2.05, 4.69) is 56.6 Å². The normalized spacial score (nSPS) is 41.2. The second-order valence-corrected chi connectivity index (χ2v) is 15.0. The van der Waals surface area contributed by atoms with Crippen LogP contribution >= 0.6 is 0 Å². The number of esters is 1. The molecule has 0 aromatic rings. The molecule has 43 heavy (non-hydrogen) atoms. The molecule has 4 rings (SSSR count). The summed E-state index contributed by atoms with van der Waals surface area (Å²) in [5.74, 6) is -0.553. The molecule has 0 aliphatic carbocycles. The van der Waals surface area contributed by atoms with E-state index in [1.807, 2.05) is 6.92 Å². The number of hydrogen-bond acceptors (Lipinski definition) is 10. The molecule has 0 spiro atoms. The standard InChI is InChI=1S/C33H59N3O7/c1-20-13-33(40-11)14-25-26(34(7)8)12-22(3)42-30(25)43-29(33)23(4)28(37)32(5,6)31(38)41-19-27(35(9)15-20)24-16-36(17-24)21(2)18-39-10/h20-27,29-30H,12-19H2,1-11H3/t20-,21?,22-,23+,25-,26+,27?,29-,30+,33+/m1/s1. The highest BCUT2D eigenvalue weighted by Gasteiger charge is 2.58. The highest BCUT2D eigenvalue weighted by atomic mass is 16.7. The summed E-state index contributed by atoms with van der Waals surface area (Å²) in [6.07, 6.45) is 1.42. The zero-order valence-electron chi connectivity index (χ0n) is 28.6. The molecular weight excluding hydrogens is 550 g/mol. The summed E-state index contributed by atoms with van der Waals surface area (Å²) >= 11 is 0. The van der Waals surface area contributed by atoms with Gasteiger partial charge in [-0.1, -0.05) is 13.8 Å². The van der Waals surface area contributed by atoms with Gasteiger partial charge in [0.25, 0.3) is 0 Å². The van der Waals surface area contributed by atoms with Gasteiger partial charge in [0.05, 0.1) is 24.4 Å². The number of ketones is 1. The van der Waals surface area contributed by atoms with Crippen LogP contribution in [0.25, 0.3) is 0 Å². The Kier molecular flexibility index (Phi) is 11.1. The number of methoxy groups -OCH3 is 2. The van der Waals surface area contributed by atoms with E-state index >= 15 is 0 Å². The molecule has 4 aliphatic heterocycles. The van der Waals surface area contributed by atoms with Crippen LogP contribution in [0.15, 0.2) is 0 Å². The Balaban J connectivity index is 1.66. The van der Waals surface area contributed by atoms with Crippen LogP contribution in [0.1, 0.15) is 60.8 Å². The number of fused-ring (bicyclic) bond motifs is 2. The monoisotopic (exact) mass is 609 g/mol. The lowest BCUT2D eigenvalue weighted by molar-refractivity contribution is -0.325. The van der Waals surface area contributed by atoms with Gasteiger partial charge in [-0.15, -0.1) is 0 Å². The Morgan fingerprint density at radius 2 is 1.72 bits per heavy atom. The van der Waals surface area contributed by atoms with E-state index in [1.165, 1.54) is 0 Å². The third-order valence-electron chi connectivity index (χ3n) is 11.0. The average molecular weight is 610 g/mol. The molecule has 2 unspecified atom stereocenters. The van der Waals surface area contributed by atoms with Gasteiger partial charge < -0.3 is 28.6 Å². The van der Waals surface area contributed by atoms with Crippen LogP contribution in [0.5, 0.6) is 0 Å². The van der Waals surface area contributed by atoms with E-state index < -0.39 is 35.3 Å². The summed E-state index contributed by atoms with van der Waals surface area (Å²) in [5, 5.41) is 0. The van der Waals surface area contributed by atoms with Crippen molar-refractivity contribution in [2.45, 2.75) is 103 Å². The van der Waals surface area contributed by atoms with E-state index in [0.717, 1.165) is 38.9 Å². The minimum atomic E-state index is -1.33. The number of cyclic esters (lactones) is 1. The Morgan fingerprint density at radius 3 is 2.33 bits per heavy atom. The highest BCUT2D eigenvalue weighted by Crippen LogP contribution is 2.48. The zero-order chi connectivity index (χ0) is 31.9. The van der Waals surface area contributed by atoms with Crippen molar-refractivity contribution in [3.05, 3.63) is 0 Å². The first-order valence-electron chi connectivity index (χ1n) is 16.3. The van der Waals surface area contributed by atoms with Crippen LogP contribution in [-0.2, 0) is 33.3 Å². The number of ether oxygens (including phenoxy) is 5. The molecule has 248 valence electrons. The molecule has 0 aromatic carbocycles. The largest absolute Gasteiger partial charge is 0.463 e. The van der Waals surface area contributed by atoms with Gasteiger partial charge in [0, 0.05) is 69.7 Å². The fourth-order valence-electron chi connectivity index (χ4n) is 8.43. The maximum absolute atomic E-state index is 14.2. The van der Waals surface area contributed by atoms with Crippen LogP contribution in [0.2, 0.25) is 0 Å². The molecule has 0 radical (unpaired) electrons. The quantitative estimate of drug-likeness (QED) is 0.331. The molecule has 0 bridgehead atoms. The molecule has 0 saturated carbocycles. The van der Waals surface area contributed by atoms with Crippen molar-refractivity contribution in [2.24, 2.45) is 29.1 Å². The van der Waals surface area contributed by atoms with E-state index in [4.69, 9.17) is 23.7 Å². The molecule has 10 nitrogen and oxygen atoms in total. The molecule has 4 aliphatic rings. The lowest BCUT2D eigenvalue weighted by Gasteiger charge is -2.56. The van der Waals surface area contributed by atoms with Crippen molar-refractivity contribution >= 4 is 11.8 Å².